The summed E-state index contributed by atoms with van der Waals surface area (Å²) in [5.74, 6) is 1.01. The second-order valence-electron chi connectivity index (χ2n) is 6.96. The molecule has 5 heteroatoms. The number of nitrogens with one attached hydrogen (secondary N) is 2. The number of hydrogen-bond acceptors (Lipinski definition) is 5. The number of benzene rings is 1. The van der Waals surface area contributed by atoms with Gasteiger partial charge in [-0.2, -0.15) is 5.10 Å². The number of aryl methyl sites for hydroxylation is 1. The van der Waals surface area contributed by atoms with Crippen LogP contribution in [0.25, 0.3) is 0 Å². The first kappa shape index (κ1) is 19.1. The first-order valence-electron chi connectivity index (χ1n) is 8.12. The quantitative estimate of drug-likeness (QED) is 0.296. The van der Waals surface area contributed by atoms with Gasteiger partial charge in [0, 0.05) is 16.2 Å². The van der Waals surface area contributed by atoms with Gasteiger partial charge >= 0.3 is 0 Å². The van der Waals surface area contributed by atoms with Crippen LogP contribution in [-0.4, -0.2) is 22.3 Å². The van der Waals surface area contributed by atoms with Gasteiger partial charge in [-0.05, 0) is 42.2 Å². The van der Waals surface area contributed by atoms with E-state index in [0.717, 1.165) is 21.8 Å². The molecule has 0 heterocycles. The summed E-state index contributed by atoms with van der Waals surface area (Å²) in [5.41, 5.74) is 6.08. The van der Waals surface area contributed by atoms with Gasteiger partial charge in [0.15, 0.2) is 0 Å². The normalized spacial score (nSPS) is 16.1. The van der Waals surface area contributed by atoms with Crippen LogP contribution in [0.4, 0.5) is 5.69 Å². The van der Waals surface area contributed by atoms with Crippen molar-refractivity contribution < 1.29 is 5.11 Å². The summed E-state index contributed by atoms with van der Waals surface area (Å²) in [7, 11) is 0. The van der Waals surface area contributed by atoms with Gasteiger partial charge in [0.2, 0.25) is 0 Å². The van der Waals surface area contributed by atoms with E-state index >= 15 is 0 Å². The van der Waals surface area contributed by atoms with Gasteiger partial charge in [-0.25, -0.2) is 0 Å². The number of thioether (sulfide) groups is 1. The molecular formula is C20H25N3OS. The lowest BCUT2D eigenvalue weighted by Crippen LogP contribution is -2.14. The van der Waals surface area contributed by atoms with Crippen molar-refractivity contribution in [3.05, 3.63) is 59.0 Å². The fourth-order valence-corrected chi connectivity index (χ4v) is 3.09. The summed E-state index contributed by atoms with van der Waals surface area (Å²) >= 11 is 1.63. The third-order valence-electron chi connectivity index (χ3n) is 3.69. The van der Waals surface area contributed by atoms with Crippen molar-refractivity contribution >= 4 is 28.9 Å². The third-order valence-corrected chi connectivity index (χ3v) is 4.68. The summed E-state index contributed by atoms with van der Waals surface area (Å²) in [6.07, 6.45) is 7.36. The van der Waals surface area contributed by atoms with Gasteiger partial charge < -0.3 is 5.11 Å². The first-order valence-corrected chi connectivity index (χ1v) is 9.11. The highest BCUT2D eigenvalue weighted by Crippen LogP contribution is 2.37. The molecular weight excluding hydrogens is 330 g/mol. The summed E-state index contributed by atoms with van der Waals surface area (Å²) in [6.45, 7) is 11.9. The molecule has 0 saturated heterocycles. The lowest BCUT2D eigenvalue weighted by molar-refractivity contribution is 0.448. The number of rotatable bonds is 5. The number of hydrazone groups is 1. The zero-order valence-corrected chi connectivity index (χ0v) is 16.0. The summed E-state index contributed by atoms with van der Waals surface area (Å²) in [5, 5.41) is 23.0. The lowest BCUT2D eigenvalue weighted by atomic mass is 9.85. The summed E-state index contributed by atoms with van der Waals surface area (Å²) in [4.78, 5) is 1.01. The van der Waals surface area contributed by atoms with E-state index in [1.807, 2.05) is 31.2 Å². The minimum atomic E-state index is -0.170. The molecule has 0 aromatic heterocycles. The van der Waals surface area contributed by atoms with Crippen LogP contribution in [0.1, 0.15) is 31.9 Å². The molecule has 1 aromatic carbocycles. The Balaban J connectivity index is 2.22. The van der Waals surface area contributed by atoms with Gasteiger partial charge in [-0.1, -0.05) is 32.9 Å². The molecule has 0 atom stereocenters. The minimum absolute atomic E-state index is 0.170. The maximum Gasteiger partial charge on any atom is 0.144 e. The predicted molar refractivity (Wildman–Crippen MR) is 110 cm³/mol. The number of phenols is 1. The third kappa shape index (κ3) is 4.86. The van der Waals surface area contributed by atoms with Crippen molar-refractivity contribution in [3.8, 4) is 5.75 Å². The van der Waals surface area contributed by atoms with Crippen molar-refractivity contribution in [2.45, 2.75) is 33.1 Å². The van der Waals surface area contributed by atoms with Crippen LogP contribution >= 0.6 is 11.8 Å². The average Bonchev–Trinajstić information content (AvgIpc) is 2.53. The number of allylic oxidation sites excluding steroid dienone is 3. The maximum atomic E-state index is 10.6. The van der Waals surface area contributed by atoms with Crippen LogP contribution < -0.4 is 5.43 Å². The highest BCUT2D eigenvalue weighted by molar-refractivity contribution is 8.03. The van der Waals surface area contributed by atoms with Crippen molar-refractivity contribution in [1.29, 1.82) is 5.41 Å². The second kappa shape index (κ2) is 7.74. The van der Waals surface area contributed by atoms with Crippen LogP contribution in [0.3, 0.4) is 0 Å². The number of anilines is 1. The van der Waals surface area contributed by atoms with E-state index in [1.165, 1.54) is 0 Å². The zero-order valence-electron chi connectivity index (χ0n) is 15.2. The van der Waals surface area contributed by atoms with E-state index in [0.29, 0.717) is 17.1 Å². The molecule has 0 radical (unpaired) electrons. The van der Waals surface area contributed by atoms with Crippen molar-refractivity contribution in [2.75, 3.05) is 11.2 Å². The van der Waals surface area contributed by atoms with Gasteiger partial charge in [-0.3, -0.25) is 10.8 Å². The molecule has 0 aliphatic heterocycles. The molecule has 1 aliphatic carbocycles. The molecule has 25 heavy (non-hydrogen) atoms. The minimum Gasteiger partial charge on any atom is -0.505 e. The SMILES string of the molecule is C=CCSC1=CC(=N)/C(=N\Nc2cc(C)cc(C(C)(C)C)c2O)C=C1. The maximum absolute atomic E-state index is 10.6. The van der Waals surface area contributed by atoms with E-state index in [9.17, 15) is 5.11 Å². The van der Waals surface area contributed by atoms with Crippen molar-refractivity contribution in [1.82, 2.24) is 0 Å². The van der Waals surface area contributed by atoms with Crippen molar-refractivity contribution in [3.63, 3.8) is 0 Å². The Kier molecular flexibility index (Phi) is 5.90. The molecule has 0 bridgehead atoms. The van der Waals surface area contributed by atoms with Gasteiger partial charge in [0.05, 0.1) is 11.4 Å². The monoisotopic (exact) mass is 355 g/mol. The van der Waals surface area contributed by atoms with Gasteiger partial charge in [0.25, 0.3) is 0 Å². The molecule has 0 spiro atoms. The lowest BCUT2D eigenvalue weighted by Gasteiger charge is -2.22. The fourth-order valence-electron chi connectivity index (χ4n) is 2.41. The van der Waals surface area contributed by atoms with E-state index in [-0.39, 0.29) is 11.2 Å². The first-order chi connectivity index (χ1) is 11.7. The highest BCUT2D eigenvalue weighted by Gasteiger charge is 2.21. The summed E-state index contributed by atoms with van der Waals surface area (Å²) < 4.78 is 0. The molecule has 132 valence electrons. The van der Waals surface area contributed by atoms with E-state index in [1.54, 1.807) is 23.9 Å². The molecule has 0 unspecified atom stereocenters. The molecule has 1 aromatic rings. The highest BCUT2D eigenvalue weighted by atomic mass is 32.2. The Morgan fingerprint density at radius 2 is 2.04 bits per heavy atom. The van der Waals surface area contributed by atoms with E-state index in [2.05, 4.69) is 37.9 Å². The zero-order chi connectivity index (χ0) is 18.6. The summed E-state index contributed by atoms with van der Waals surface area (Å²) in [6, 6.07) is 3.84. The Morgan fingerprint density at radius 3 is 2.64 bits per heavy atom. The molecule has 3 N–H and O–H groups in total. The van der Waals surface area contributed by atoms with Crippen LogP contribution in [-0.2, 0) is 5.41 Å². The van der Waals surface area contributed by atoms with E-state index < -0.39 is 0 Å². The number of aromatic hydroxyl groups is 1. The fraction of sp³-hybridized carbons (Fsp3) is 0.300. The van der Waals surface area contributed by atoms with Gasteiger partial charge in [-0.15, -0.1) is 18.3 Å². The molecule has 0 amide bonds. The molecule has 2 rings (SSSR count). The van der Waals surface area contributed by atoms with Crippen LogP contribution in [0.2, 0.25) is 0 Å². The molecule has 1 aliphatic rings. The number of phenolic OH excluding ortho intramolecular Hbond substituents is 1. The Bertz CT molecular complexity index is 783. The predicted octanol–water partition coefficient (Wildman–Crippen LogP) is 5.16. The Labute approximate surface area is 153 Å². The van der Waals surface area contributed by atoms with Crippen LogP contribution in [0, 0.1) is 12.3 Å². The van der Waals surface area contributed by atoms with Gasteiger partial charge in [0.1, 0.15) is 11.5 Å². The standard InChI is InChI=1S/C20H25N3OS/c1-6-9-25-14-7-8-17(16(21)12-14)22-23-18-11-13(2)10-15(19(18)24)20(3,4)5/h6-8,10-12,21,23-24H,1,9H2,2-5H3/b21-16?,22-17-. The number of hydrogen-bond donors (Lipinski definition) is 3. The smallest absolute Gasteiger partial charge is 0.144 e. The second-order valence-corrected chi connectivity index (χ2v) is 8.05. The number of nitrogens with zero attached hydrogens (tertiary/aromatic N) is 1. The Hall–Kier alpha value is -2.27. The van der Waals surface area contributed by atoms with Crippen LogP contribution in [0.15, 0.2) is 53.0 Å². The molecule has 0 fully saturated rings. The molecule has 4 nitrogen and oxygen atoms in total. The molecule has 0 saturated carbocycles. The van der Waals surface area contributed by atoms with E-state index in [4.69, 9.17) is 5.41 Å². The largest absolute Gasteiger partial charge is 0.505 e. The Morgan fingerprint density at radius 1 is 1.32 bits per heavy atom. The van der Waals surface area contributed by atoms with Crippen LogP contribution in [0.5, 0.6) is 5.75 Å². The topological polar surface area (TPSA) is 68.5 Å². The van der Waals surface area contributed by atoms with Crippen molar-refractivity contribution in [2.24, 2.45) is 5.10 Å². The average molecular weight is 356 g/mol.